The number of nitrogens with one attached hydrogen (secondary N) is 1. The molecular weight excluding hydrogens is 400 g/mol. The van der Waals surface area contributed by atoms with Crippen LogP contribution in [-0.4, -0.2) is 52.3 Å². The first kappa shape index (κ1) is 20.8. The van der Waals surface area contributed by atoms with Crippen molar-refractivity contribution in [2.45, 2.75) is 38.5 Å². The van der Waals surface area contributed by atoms with Crippen LogP contribution in [0, 0.1) is 10.1 Å². The van der Waals surface area contributed by atoms with Gasteiger partial charge in [0, 0.05) is 32.4 Å². The summed E-state index contributed by atoms with van der Waals surface area (Å²) in [5.74, 6) is 1.85. The van der Waals surface area contributed by atoms with Gasteiger partial charge in [-0.3, -0.25) is 10.1 Å². The molecule has 11 nitrogen and oxygen atoms in total. The van der Waals surface area contributed by atoms with Crippen LogP contribution in [0.1, 0.15) is 44.3 Å². The van der Waals surface area contributed by atoms with E-state index in [4.69, 9.17) is 9.40 Å². The van der Waals surface area contributed by atoms with Gasteiger partial charge in [0.25, 0.3) is 0 Å². The minimum atomic E-state index is -0.576. The average molecular weight is 426 g/mol. The molecule has 0 bridgehead atoms. The third kappa shape index (κ3) is 5.56. The van der Waals surface area contributed by atoms with Gasteiger partial charge in [-0.05, 0) is 56.7 Å². The van der Waals surface area contributed by atoms with Crippen LogP contribution in [0.2, 0.25) is 0 Å². The normalized spacial score (nSPS) is 17.5. The second kappa shape index (κ2) is 10.0. The van der Waals surface area contributed by atoms with Crippen LogP contribution < -0.4 is 15.2 Å². The molecule has 2 aromatic rings. The molecule has 2 aliphatic heterocycles. The molecule has 11 heteroatoms. The summed E-state index contributed by atoms with van der Waals surface area (Å²) in [5.41, 5.74) is 2.88. The second-order valence-electron chi connectivity index (χ2n) is 7.54. The zero-order valence-corrected chi connectivity index (χ0v) is 17.3. The maximum atomic E-state index is 10.7. The molecule has 2 fully saturated rings. The van der Waals surface area contributed by atoms with Gasteiger partial charge in [0.2, 0.25) is 17.8 Å². The van der Waals surface area contributed by atoms with Gasteiger partial charge >= 0.3 is 5.88 Å². The van der Waals surface area contributed by atoms with Crippen molar-refractivity contribution in [3.05, 3.63) is 34.1 Å². The Morgan fingerprint density at radius 2 is 1.58 bits per heavy atom. The Kier molecular flexibility index (Phi) is 6.70. The molecular formula is C20H26N8O3. The number of hydrogen-bond acceptors (Lipinski definition) is 10. The van der Waals surface area contributed by atoms with E-state index in [2.05, 4.69) is 30.3 Å². The van der Waals surface area contributed by atoms with Crippen LogP contribution in [0.25, 0.3) is 6.08 Å². The molecule has 0 saturated carbocycles. The van der Waals surface area contributed by atoms with Gasteiger partial charge < -0.3 is 14.2 Å². The van der Waals surface area contributed by atoms with Crippen molar-refractivity contribution in [3.63, 3.8) is 0 Å². The van der Waals surface area contributed by atoms with Crippen LogP contribution in [0.3, 0.4) is 0 Å². The molecule has 2 aliphatic rings. The monoisotopic (exact) mass is 426 g/mol. The zero-order chi connectivity index (χ0) is 21.5. The number of aromatic nitrogens is 3. The molecule has 164 valence electrons. The molecule has 0 amide bonds. The number of piperidine rings is 2. The Labute approximate surface area is 180 Å². The van der Waals surface area contributed by atoms with E-state index in [0.29, 0.717) is 23.6 Å². The van der Waals surface area contributed by atoms with Gasteiger partial charge in [-0.2, -0.15) is 20.1 Å². The van der Waals surface area contributed by atoms with Crippen molar-refractivity contribution >= 4 is 36.0 Å². The molecule has 4 heterocycles. The van der Waals surface area contributed by atoms with Crippen LogP contribution in [0.15, 0.2) is 27.7 Å². The van der Waals surface area contributed by atoms with Crippen molar-refractivity contribution in [1.29, 1.82) is 0 Å². The van der Waals surface area contributed by atoms with Crippen LogP contribution in [-0.2, 0) is 0 Å². The summed E-state index contributed by atoms with van der Waals surface area (Å²) in [6.45, 7) is 3.79. The third-order valence-electron chi connectivity index (χ3n) is 5.27. The SMILES string of the molecule is O=[N+]([O-])c1ccc(C=CC=NNc2nc(N3CCCCC3)nc(N3CCCCC3)n2)o1. The lowest BCUT2D eigenvalue weighted by Gasteiger charge is -2.30. The van der Waals surface area contributed by atoms with E-state index in [0.717, 1.165) is 51.9 Å². The molecule has 0 aromatic carbocycles. The Hall–Kier alpha value is -3.50. The minimum Gasteiger partial charge on any atom is -0.401 e. The van der Waals surface area contributed by atoms with Gasteiger partial charge in [0.1, 0.15) is 10.7 Å². The highest BCUT2D eigenvalue weighted by atomic mass is 16.6. The fraction of sp³-hybridized carbons (Fsp3) is 0.500. The molecule has 2 saturated heterocycles. The third-order valence-corrected chi connectivity index (χ3v) is 5.27. The van der Waals surface area contributed by atoms with Gasteiger partial charge in [0.15, 0.2) is 0 Å². The number of furan rings is 1. The fourth-order valence-electron chi connectivity index (χ4n) is 3.68. The first-order valence-corrected chi connectivity index (χ1v) is 10.6. The first-order valence-electron chi connectivity index (χ1n) is 10.6. The molecule has 1 N–H and O–H groups in total. The number of nitrogens with zero attached hydrogens (tertiary/aromatic N) is 7. The van der Waals surface area contributed by atoms with E-state index in [1.54, 1.807) is 12.2 Å². The Morgan fingerprint density at radius 1 is 0.968 bits per heavy atom. The van der Waals surface area contributed by atoms with E-state index in [9.17, 15) is 10.1 Å². The summed E-state index contributed by atoms with van der Waals surface area (Å²) >= 11 is 0. The van der Waals surface area contributed by atoms with Crippen molar-refractivity contribution in [2.24, 2.45) is 5.10 Å². The number of rotatable bonds is 7. The summed E-state index contributed by atoms with van der Waals surface area (Å²) in [4.78, 5) is 28.4. The fourth-order valence-corrected chi connectivity index (χ4v) is 3.68. The molecule has 4 rings (SSSR count). The van der Waals surface area contributed by atoms with Gasteiger partial charge in [-0.15, -0.1) is 0 Å². The van der Waals surface area contributed by atoms with E-state index in [1.165, 1.54) is 31.2 Å². The molecule has 0 radical (unpaired) electrons. The molecule has 0 atom stereocenters. The number of hydrazone groups is 1. The van der Waals surface area contributed by atoms with Crippen LogP contribution in [0.4, 0.5) is 23.7 Å². The molecule has 31 heavy (non-hydrogen) atoms. The Bertz CT molecular complexity index is 909. The zero-order valence-electron chi connectivity index (χ0n) is 17.3. The van der Waals surface area contributed by atoms with Crippen LogP contribution >= 0.6 is 0 Å². The highest BCUT2D eigenvalue weighted by molar-refractivity contribution is 5.78. The van der Waals surface area contributed by atoms with E-state index in [-0.39, 0.29) is 5.88 Å². The van der Waals surface area contributed by atoms with Crippen molar-refractivity contribution < 1.29 is 9.34 Å². The summed E-state index contributed by atoms with van der Waals surface area (Å²) in [6, 6.07) is 2.84. The lowest BCUT2D eigenvalue weighted by molar-refractivity contribution is -0.402. The topological polar surface area (TPSA) is 126 Å². The van der Waals surface area contributed by atoms with Gasteiger partial charge in [0.05, 0.1) is 6.07 Å². The van der Waals surface area contributed by atoms with E-state index in [1.807, 2.05) is 0 Å². The van der Waals surface area contributed by atoms with Crippen molar-refractivity contribution in [1.82, 2.24) is 15.0 Å². The average Bonchev–Trinajstić information content (AvgIpc) is 3.29. The minimum absolute atomic E-state index is 0.296. The number of allylic oxidation sites excluding steroid dienone is 1. The lowest BCUT2D eigenvalue weighted by Crippen LogP contribution is -2.34. The molecule has 0 spiro atoms. The molecule has 0 unspecified atom stereocenters. The molecule has 2 aromatic heterocycles. The Balaban J connectivity index is 1.45. The van der Waals surface area contributed by atoms with Crippen LogP contribution in [0.5, 0.6) is 0 Å². The second-order valence-corrected chi connectivity index (χ2v) is 7.54. The largest absolute Gasteiger partial charge is 0.433 e. The maximum absolute atomic E-state index is 10.7. The number of nitro groups is 1. The standard InChI is InChI=1S/C20H26N8O3/c29-28(30)17-10-9-16(31-17)8-7-11-21-25-18-22-19(26-12-3-1-4-13-26)24-20(23-18)27-14-5-2-6-15-27/h7-11H,1-6,12-15H2,(H,22,23,24,25). The lowest BCUT2D eigenvalue weighted by atomic mass is 10.1. The van der Waals surface area contributed by atoms with E-state index < -0.39 is 4.92 Å². The first-order chi connectivity index (χ1) is 15.2. The Morgan fingerprint density at radius 3 is 2.13 bits per heavy atom. The van der Waals surface area contributed by atoms with Crippen molar-refractivity contribution in [3.8, 4) is 0 Å². The smallest absolute Gasteiger partial charge is 0.401 e. The van der Waals surface area contributed by atoms with Gasteiger partial charge in [-0.25, -0.2) is 5.43 Å². The summed E-state index contributed by atoms with van der Waals surface area (Å²) in [6.07, 6.45) is 11.8. The predicted molar refractivity (Wildman–Crippen MR) is 118 cm³/mol. The summed E-state index contributed by atoms with van der Waals surface area (Å²) in [5, 5.41) is 14.8. The van der Waals surface area contributed by atoms with Gasteiger partial charge in [-0.1, -0.05) is 0 Å². The summed E-state index contributed by atoms with van der Waals surface area (Å²) in [7, 11) is 0. The number of hydrogen-bond donors (Lipinski definition) is 1. The summed E-state index contributed by atoms with van der Waals surface area (Å²) < 4.78 is 5.06. The maximum Gasteiger partial charge on any atom is 0.433 e. The van der Waals surface area contributed by atoms with Crippen molar-refractivity contribution in [2.75, 3.05) is 41.4 Å². The predicted octanol–water partition coefficient (Wildman–Crippen LogP) is 3.46. The highest BCUT2D eigenvalue weighted by Gasteiger charge is 2.20. The molecule has 0 aliphatic carbocycles. The number of anilines is 3. The quantitative estimate of drug-likeness (QED) is 0.402. The van der Waals surface area contributed by atoms with E-state index >= 15 is 0 Å². The highest BCUT2D eigenvalue weighted by Crippen LogP contribution is 2.22.